The van der Waals surface area contributed by atoms with E-state index in [9.17, 15) is 19.8 Å². The summed E-state index contributed by atoms with van der Waals surface area (Å²) in [7, 11) is -4.72. The van der Waals surface area contributed by atoms with Gasteiger partial charge in [0, 0.05) is 11.6 Å². The summed E-state index contributed by atoms with van der Waals surface area (Å²) in [4.78, 5) is 30.5. The molecule has 9 nitrogen and oxygen atoms in total. The molecule has 0 radical (unpaired) electrons. The molecule has 3 N–H and O–H groups in total. The number of nitro groups is 1. The predicted molar refractivity (Wildman–Crippen MR) is 76.8 cm³/mol. The van der Waals surface area contributed by atoms with Crippen LogP contribution in [0.4, 0.5) is 11.4 Å². The van der Waals surface area contributed by atoms with Crippen molar-refractivity contribution in [3.8, 4) is 16.9 Å². The first-order chi connectivity index (χ1) is 10.3. The molecule has 10 heteroatoms. The Kier molecular flexibility index (Phi) is 4.32. The van der Waals surface area contributed by atoms with Gasteiger partial charge in [0.15, 0.2) is 5.75 Å². The molecule has 2 aromatic carbocycles. The van der Waals surface area contributed by atoms with Gasteiger partial charge in [0.1, 0.15) is 5.69 Å². The van der Waals surface area contributed by atoms with Crippen LogP contribution in [0.5, 0.6) is 5.75 Å². The molecule has 0 atom stereocenters. The molecule has 0 bridgehead atoms. The Morgan fingerprint density at radius 3 is 2.32 bits per heavy atom. The molecule has 0 amide bonds. The van der Waals surface area contributed by atoms with Crippen molar-refractivity contribution < 1.29 is 24.4 Å². The number of nitro benzene ring substituents is 1. The highest BCUT2D eigenvalue weighted by Gasteiger charge is 2.19. The zero-order valence-corrected chi connectivity index (χ0v) is 11.8. The highest BCUT2D eigenvalue weighted by Crippen LogP contribution is 2.43. The Balaban J connectivity index is 2.58. The smallest absolute Gasteiger partial charge is 0.466 e. The van der Waals surface area contributed by atoms with E-state index in [4.69, 9.17) is 9.79 Å². The van der Waals surface area contributed by atoms with Crippen LogP contribution in [0.25, 0.3) is 11.1 Å². The van der Waals surface area contributed by atoms with Crippen LogP contribution in [0.3, 0.4) is 0 Å². The zero-order chi connectivity index (χ0) is 16.3. The molecule has 0 saturated carbocycles. The molecule has 0 fully saturated rings. The fourth-order valence-electron chi connectivity index (χ4n) is 1.80. The third-order valence-corrected chi connectivity index (χ3v) is 3.00. The van der Waals surface area contributed by atoms with Gasteiger partial charge in [-0.3, -0.25) is 10.1 Å². The molecular formula is C12H10N3O6P. The number of phenols is 1. The molecule has 2 aromatic rings. The molecular weight excluding hydrogens is 313 g/mol. The number of nitrogens with zero attached hydrogens (tertiary/aromatic N) is 3. The molecule has 0 saturated heterocycles. The minimum absolute atomic E-state index is 0.106. The number of rotatable bonds is 4. The predicted octanol–water partition coefficient (Wildman–Crippen LogP) is 3.14. The summed E-state index contributed by atoms with van der Waals surface area (Å²) >= 11 is 0. The SMILES string of the molecule is O=[N+]([O-])c1ccccc1-c1cccc(N=NP(=O)(O)O)c1O. The first-order valence-corrected chi connectivity index (χ1v) is 7.41. The Morgan fingerprint density at radius 1 is 1.05 bits per heavy atom. The summed E-state index contributed by atoms with van der Waals surface area (Å²) in [5, 5.41) is 24.4. The highest BCUT2D eigenvalue weighted by atomic mass is 31.2. The minimum Gasteiger partial charge on any atom is -0.505 e. The molecule has 0 heterocycles. The quantitative estimate of drug-likeness (QED) is 0.341. The first kappa shape index (κ1) is 15.8. The van der Waals surface area contributed by atoms with Crippen molar-refractivity contribution in [1.29, 1.82) is 0 Å². The molecule has 2 rings (SSSR count). The summed E-state index contributed by atoms with van der Waals surface area (Å²) in [6, 6.07) is 9.89. The van der Waals surface area contributed by atoms with Crippen LogP contribution in [0.1, 0.15) is 0 Å². The fourth-order valence-corrected chi connectivity index (χ4v) is 2.01. The minimum atomic E-state index is -4.72. The zero-order valence-electron chi connectivity index (χ0n) is 10.9. The first-order valence-electron chi connectivity index (χ1n) is 5.84. The van der Waals surface area contributed by atoms with Gasteiger partial charge in [-0.15, -0.1) is 5.11 Å². The Morgan fingerprint density at radius 2 is 1.68 bits per heavy atom. The van der Waals surface area contributed by atoms with Gasteiger partial charge in [0.2, 0.25) is 0 Å². The van der Waals surface area contributed by atoms with Crippen molar-refractivity contribution >= 4 is 19.1 Å². The van der Waals surface area contributed by atoms with Gasteiger partial charge in [0.25, 0.3) is 5.69 Å². The summed E-state index contributed by atoms with van der Waals surface area (Å²) in [5.74, 6) is -0.464. The van der Waals surface area contributed by atoms with E-state index in [-0.39, 0.29) is 22.5 Å². The van der Waals surface area contributed by atoms with Crippen molar-refractivity contribution in [1.82, 2.24) is 0 Å². The Labute approximate surface area is 123 Å². The topological polar surface area (TPSA) is 146 Å². The number of hydrogen-bond acceptors (Lipinski definition) is 5. The van der Waals surface area contributed by atoms with Gasteiger partial charge in [-0.25, -0.2) is 4.57 Å². The van der Waals surface area contributed by atoms with Crippen LogP contribution in [0, 0.1) is 10.1 Å². The third kappa shape index (κ3) is 3.53. The normalized spacial score (nSPS) is 11.7. The van der Waals surface area contributed by atoms with E-state index in [1.54, 1.807) is 6.07 Å². The van der Waals surface area contributed by atoms with E-state index in [1.165, 1.54) is 36.4 Å². The Bertz CT molecular complexity index is 801. The largest absolute Gasteiger partial charge is 0.505 e. The number of aromatic hydroxyl groups is 1. The second-order valence-electron chi connectivity index (χ2n) is 4.15. The van der Waals surface area contributed by atoms with E-state index >= 15 is 0 Å². The monoisotopic (exact) mass is 323 g/mol. The summed E-state index contributed by atoms with van der Waals surface area (Å²) in [6.45, 7) is 0. The summed E-state index contributed by atoms with van der Waals surface area (Å²) in [6.07, 6.45) is 0. The lowest BCUT2D eigenvalue weighted by Gasteiger charge is -2.07. The van der Waals surface area contributed by atoms with Crippen LogP contribution < -0.4 is 0 Å². The van der Waals surface area contributed by atoms with Crippen molar-refractivity contribution in [2.24, 2.45) is 10.00 Å². The van der Waals surface area contributed by atoms with E-state index in [0.717, 1.165) is 0 Å². The van der Waals surface area contributed by atoms with Gasteiger partial charge in [-0.2, -0.15) is 0 Å². The van der Waals surface area contributed by atoms with E-state index in [0.29, 0.717) is 0 Å². The van der Waals surface area contributed by atoms with Crippen molar-refractivity contribution in [3.05, 3.63) is 52.6 Å². The number of para-hydroxylation sites is 2. The molecule has 0 aliphatic carbocycles. The van der Waals surface area contributed by atoms with Gasteiger partial charge in [-0.05, 0) is 12.1 Å². The molecule has 0 aliphatic heterocycles. The van der Waals surface area contributed by atoms with E-state index < -0.39 is 18.4 Å². The van der Waals surface area contributed by atoms with E-state index in [2.05, 4.69) is 10.00 Å². The van der Waals surface area contributed by atoms with Crippen LogP contribution >= 0.6 is 7.75 Å². The molecule has 22 heavy (non-hydrogen) atoms. The average Bonchev–Trinajstić information content (AvgIpc) is 2.45. The highest BCUT2D eigenvalue weighted by molar-refractivity contribution is 7.50. The molecule has 114 valence electrons. The average molecular weight is 323 g/mol. The maximum absolute atomic E-state index is 11.0. The van der Waals surface area contributed by atoms with Gasteiger partial charge >= 0.3 is 7.75 Å². The van der Waals surface area contributed by atoms with Gasteiger partial charge in [0.05, 0.1) is 10.5 Å². The molecule has 0 aliphatic rings. The van der Waals surface area contributed by atoms with Gasteiger partial charge < -0.3 is 14.9 Å². The Hall–Kier alpha value is -2.61. The maximum Gasteiger partial charge on any atom is 0.466 e. The third-order valence-electron chi connectivity index (χ3n) is 2.67. The lowest BCUT2D eigenvalue weighted by atomic mass is 10.0. The summed E-state index contributed by atoms with van der Waals surface area (Å²) in [5.41, 5.74) is -0.173. The van der Waals surface area contributed by atoms with Crippen LogP contribution in [-0.4, -0.2) is 19.8 Å². The number of benzene rings is 2. The molecule has 0 aromatic heterocycles. The lowest BCUT2D eigenvalue weighted by molar-refractivity contribution is -0.384. The number of hydrogen-bond donors (Lipinski definition) is 3. The molecule has 0 unspecified atom stereocenters. The van der Waals surface area contributed by atoms with Crippen molar-refractivity contribution in [3.63, 3.8) is 0 Å². The number of phenolic OH excluding ortho intramolecular Hbond substituents is 1. The van der Waals surface area contributed by atoms with Crippen LogP contribution in [0.2, 0.25) is 0 Å². The maximum atomic E-state index is 11.0. The van der Waals surface area contributed by atoms with Gasteiger partial charge in [-0.1, -0.05) is 29.2 Å². The van der Waals surface area contributed by atoms with Crippen molar-refractivity contribution in [2.45, 2.75) is 0 Å². The second kappa shape index (κ2) is 6.02. The second-order valence-corrected chi connectivity index (χ2v) is 5.36. The van der Waals surface area contributed by atoms with Crippen molar-refractivity contribution in [2.75, 3.05) is 0 Å². The summed E-state index contributed by atoms with van der Waals surface area (Å²) < 4.78 is 10.7. The van der Waals surface area contributed by atoms with E-state index in [1.807, 2.05) is 0 Å². The molecule has 0 spiro atoms. The fraction of sp³-hybridized carbons (Fsp3) is 0. The standard InChI is InChI=1S/C12H10N3O6P/c16-12-9(8-4-1-2-7-11(8)15(17)18)5-3-6-10(12)13-14-22(19,20)21/h1-7,16H,(H2,19,20,21). The van der Waals surface area contributed by atoms with Crippen LogP contribution in [0.15, 0.2) is 52.5 Å². The lowest BCUT2D eigenvalue weighted by Crippen LogP contribution is -1.91. The van der Waals surface area contributed by atoms with Crippen LogP contribution in [-0.2, 0) is 4.57 Å².